The van der Waals surface area contributed by atoms with Crippen molar-refractivity contribution in [3.63, 3.8) is 0 Å². The summed E-state index contributed by atoms with van der Waals surface area (Å²) in [4.78, 5) is 28.8. The molecule has 0 aliphatic carbocycles. The highest BCUT2D eigenvalue weighted by atomic mass is 35.5. The summed E-state index contributed by atoms with van der Waals surface area (Å²) in [7, 11) is 0. The zero-order valence-corrected chi connectivity index (χ0v) is 22.0. The number of amides is 2. The predicted octanol–water partition coefficient (Wildman–Crippen LogP) is 6.05. The summed E-state index contributed by atoms with van der Waals surface area (Å²) in [5.41, 5.74) is 1.48. The molecule has 1 atom stereocenters. The lowest BCUT2D eigenvalue weighted by atomic mass is 10.00. The van der Waals surface area contributed by atoms with Crippen LogP contribution in [0.2, 0.25) is 5.02 Å². The zero-order chi connectivity index (χ0) is 26.0. The van der Waals surface area contributed by atoms with Crippen LogP contribution in [-0.2, 0) is 22.6 Å². The number of carbonyl (C=O) groups excluding carboxylic acids is 2. The molecule has 6 heteroatoms. The summed E-state index contributed by atoms with van der Waals surface area (Å²) in [5, 5.41) is 3.71. The molecular formula is C30H35ClN2O3. The van der Waals surface area contributed by atoms with Crippen molar-refractivity contribution in [2.24, 2.45) is 0 Å². The Balaban J connectivity index is 1.81. The maximum Gasteiger partial charge on any atom is 0.243 e. The molecule has 1 N–H and O–H groups in total. The van der Waals surface area contributed by atoms with E-state index in [1.54, 1.807) is 17.0 Å². The summed E-state index contributed by atoms with van der Waals surface area (Å²) in [6.45, 7) is 6.55. The van der Waals surface area contributed by atoms with Crippen LogP contribution in [0.3, 0.4) is 0 Å². The molecular weight excluding hydrogens is 472 g/mol. The van der Waals surface area contributed by atoms with Crippen LogP contribution in [0.1, 0.15) is 44.7 Å². The van der Waals surface area contributed by atoms with E-state index in [0.29, 0.717) is 31.0 Å². The maximum absolute atomic E-state index is 13.6. The van der Waals surface area contributed by atoms with Crippen LogP contribution in [-0.4, -0.2) is 34.9 Å². The number of benzene rings is 3. The third kappa shape index (κ3) is 9.04. The van der Waals surface area contributed by atoms with Gasteiger partial charge in [0.1, 0.15) is 11.8 Å². The average Bonchev–Trinajstić information content (AvgIpc) is 2.85. The lowest BCUT2D eigenvalue weighted by molar-refractivity contribution is -0.142. The lowest BCUT2D eigenvalue weighted by Gasteiger charge is -2.34. The SMILES string of the molecule is CC(C)(C)NC(=O)[C@@H](Cc1ccccc1)N(Cc1ccc(Cl)cc1)C(=O)CCCOc1ccccc1. The number of nitrogens with zero attached hydrogens (tertiary/aromatic N) is 1. The first-order chi connectivity index (χ1) is 17.2. The molecule has 5 nitrogen and oxygen atoms in total. The maximum atomic E-state index is 13.6. The monoisotopic (exact) mass is 506 g/mol. The van der Waals surface area contributed by atoms with Gasteiger partial charge in [0.25, 0.3) is 0 Å². The van der Waals surface area contributed by atoms with Crippen LogP contribution < -0.4 is 10.1 Å². The Hall–Kier alpha value is -3.31. The Bertz CT molecular complexity index is 1100. The molecule has 0 heterocycles. The molecule has 0 saturated heterocycles. The van der Waals surface area contributed by atoms with E-state index in [4.69, 9.17) is 16.3 Å². The second kappa shape index (κ2) is 13.1. The minimum atomic E-state index is -0.662. The molecule has 0 spiro atoms. The van der Waals surface area contributed by atoms with Crippen LogP contribution in [0, 0.1) is 0 Å². The van der Waals surface area contributed by atoms with Gasteiger partial charge in [0, 0.05) is 29.9 Å². The topological polar surface area (TPSA) is 58.6 Å². The Kier molecular flexibility index (Phi) is 9.95. The average molecular weight is 507 g/mol. The molecule has 0 bridgehead atoms. The third-order valence-electron chi connectivity index (χ3n) is 5.58. The van der Waals surface area contributed by atoms with E-state index in [9.17, 15) is 9.59 Å². The van der Waals surface area contributed by atoms with Crippen molar-refractivity contribution >= 4 is 23.4 Å². The van der Waals surface area contributed by atoms with Crippen LogP contribution in [0.5, 0.6) is 5.75 Å². The molecule has 0 radical (unpaired) electrons. The molecule has 0 saturated carbocycles. The van der Waals surface area contributed by atoms with Gasteiger partial charge in [0.15, 0.2) is 0 Å². The Morgan fingerprint density at radius 1 is 0.889 bits per heavy atom. The van der Waals surface area contributed by atoms with E-state index in [1.807, 2.05) is 93.6 Å². The largest absolute Gasteiger partial charge is 0.494 e. The second-order valence-electron chi connectivity index (χ2n) is 9.86. The number of hydrogen-bond acceptors (Lipinski definition) is 3. The van der Waals surface area contributed by atoms with Crippen molar-refractivity contribution in [1.82, 2.24) is 10.2 Å². The van der Waals surface area contributed by atoms with Gasteiger partial charge in [-0.3, -0.25) is 9.59 Å². The van der Waals surface area contributed by atoms with Crippen molar-refractivity contribution in [3.05, 3.63) is 101 Å². The number of rotatable bonds is 11. The molecule has 190 valence electrons. The molecule has 0 aliphatic heterocycles. The molecule has 0 unspecified atom stereocenters. The highest BCUT2D eigenvalue weighted by Crippen LogP contribution is 2.19. The lowest BCUT2D eigenvalue weighted by Crippen LogP contribution is -2.54. The van der Waals surface area contributed by atoms with Gasteiger partial charge in [-0.15, -0.1) is 0 Å². The van der Waals surface area contributed by atoms with E-state index in [2.05, 4.69) is 5.32 Å². The summed E-state index contributed by atoms with van der Waals surface area (Å²) < 4.78 is 5.77. The van der Waals surface area contributed by atoms with Gasteiger partial charge in [0.2, 0.25) is 11.8 Å². The fraction of sp³-hybridized carbons (Fsp3) is 0.333. The van der Waals surface area contributed by atoms with Crippen molar-refractivity contribution in [3.8, 4) is 5.75 Å². The molecule has 3 rings (SSSR count). The Morgan fingerprint density at radius 3 is 2.11 bits per heavy atom. The normalized spacial score (nSPS) is 12.0. The molecule has 0 fully saturated rings. The highest BCUT2D eigenvalue weighted by Gasteiger charge is 2.32. The fourth-order valence-electron chi connectivity index (χ4n) is 3.87. The predicted molar refractivity (Wildman–Crippen MR) is 145 cm³/mol. The second-order valence-corrected chi connectivity index (χ2v) is 10.3. The van der Waals surface area contributed by atoms with E-state index in [-0.39, 0.29) is 18.2 Å². The van der Waals surface area contributed by atoms with E-state index < -0.39 is 11.6 Å². The number of hydrogen-bond donors (Lipinski definition) is 1. The van der Waals surface area contributed by atoms with E-state index >= 15 is 0 Å². The molecule has 0 aromatic heterocycles. The van der Waals surface area contributed by atoms with E-state index in [1.165, 1.54) is 0 Å². The summed E-state index contributed by atoms with van der Waals surface area (Å²) in [6.07, 6.45) is 1.24. The Morgan fingerprint density at radius 2 is 1.50 bits per heavy atom. The fourth-order valence-corrected chi connectivity index (χ4v) is 3.99. The van der Waals surface area contributed by atoms with Gasteiger partial charge in [-0.2, -0.15) is 0 Å². The number of para-hydroxylation sites is 1. The number of carbonyl (C=O) groups is 2. The van der Waals surface area contributed by atoms with Crippen LogP contribution in [0.4, 0.5) is 0 Å². The third-order valence-corrected chi connectivity index (χ3v) is 5.83. The standard InChI is InChI=1S/C30H35ClN2O3/c1-30(2,3)32-29(35)27(21-23-11-6-4-7-12-23)33(22-24-16-18-25(31)19-17-24)28(34)15-10-20-36-26-13-8-5-9-14-26/h4-9,11-14,16-19,27H,10,15,20-22H2,1-3H3,(H,32,35)/t27-/m1/s1. The van der Waals surface area contributed by atoms with Crippen molar-refractivity contribution in [2.45, 2.75) is 58.2 Å². The summed E-state index contributed by atoms with van der Waals surface area (Å²) >= 11 is 6.08. The highest BCUT2D eigenvalue weighted by molar-refractivity contribution is 6.30. The van der Waals surface area contributed by atoms with Crippen LogP contribution in [0.15, 0.2) is 84.9 Å². The van der Waals surface area contributed by atoms with Gasteiger partial charge in [0.05, 0.1) is 6.61 Å². The minimum absolute atomic E-state index is 0.0911. The molecule has 2 amide bonds. The smallest absolute Gasteiger partial charge is 0.243 e. The number of halogens is 1. The number of ether oxygens (including phenoxy) is 1. The number of nitrogens with one attached hydrogen (secondary N) is 1. The summed E-state index contributed by atoms with van der Waals surface area (Å²) in [5.74, 6) is 0.510. The van der Waals surface area contributed by atoms with E-state index in [0.717, 1.165) is 16.9 Å². The van der Waals surface area contributed by atoms with Crippen molar-refractivity contribution < 1.29 is 14.3 Å². The first kappa shape index (κ1) is 27.3. The van der Waals surface area contributed by atoms with Crippen molar-refractivity contribution in [1.29, 1.82) is 0 Å². The first-order valence-electron chi connectivity index (χ1n) is 12.3. The van der Waals surface area contributed by atoms with Crippen LogP contribution >= 0.6 is 11.6 Å². The molecule has 3 aromatic rings. The van der Waals surface area contributed by atoms with Gasteiger partial charge < -0.3 is 15.0 Å². The van der Waals surface area contributed by atoms with Crippen molar-refractivity contribution in [2.75, 3.05) is 6.61 Å². The van der Waals surface area contributed by atoms with Gasteiger partial charge >= 0.3 is 0 Å². The van der Waals surface area contributed by atoms with Gasteiger partial charge in [-0.25, -0.2) is 0 Å². The Labute approximate surface area is 219 Å². The summed E-state index contributed by atoms with van der Waals surface area (Å²) in [6, 6.07) is 26.1. The minimum Gasteiger partial charge on any atom is -0.494 e. The molecule has 3 aromatic carbocycles. The molecule has 0 aliphatic rings. The van der Waals surface area contributed by atoms with Crippen LogP contribution in [0.25, 0.3) is 0 Å². The molecule has 36 heavy (non-hydrogen) atoms. The quantitative estimate of drug-likeness (QED) is 0.322. The zero-order valence-electron chi connectivity index (χ0n) is 21.2. The first-order valence-corrected chi connectivity index (χ1v) is 12.7. The van der Waals surface area contributed by atoms with Gasteiger partial charge in [-0.1, -0.05) is 72.3 Å². The van der Waals surface area contributed by atoms with Gasteiger partial charge in [-0.05, 0) is 62.6 Å².